The fourth-order valence-electron chi connectivity index (χ4n) is 2.29. The summed E-state index contributed by atoms with van der Waals surface area (Å²) in [4.78, 5) is 7.92. The summed E-state index contributed by atoms with van der Waals surface area (Å²) in [6.45, 7) is 0.475. The predicted octanol–water partition coefficient (Wildman–Crippen LogP) is 1.55. The van der Waals surface area contributed by atoms with E-state index in [4.69, 9.17) is 16.9 Å². The average molecular weight is 334 g/mol. The van der Waals surface area contributed by atoms with Gasteiger partial charge >= 0.3 is 0 Å². The van der Waals surface area contributed by atoms with Gasteiger partial charge in [0, 0.05) is 12.1 Å². The van der Waals surface area contributed by atoms with Gasteiger partial charge in [-0.25, -0.2) is 18.4 Å². The molecule has 1 aromatic heterocycles. The van der Waals surface area contributed by atoms with Crippen LogP contribution in [0.1, 0.15) is 16.8 Å². The van der Waals surface area contributed by atoms with E-state index in [1.807, 2.05) is 6.07 Å². The summed E-state index contributed by atoms with van der Waals surface area (Å²) in [6, 6.07) is 6.07. The van der Waals surface area contributed by atoms with Crippen molar-refractivity contribution in [3.8, 4) is 6.07 Å². The van der Waals surface area contributed by atoms with Crippen molar-refractivity contribution >= 4 is 21.6 Å². The number of hydrogen-bond donors (Lipinski definition) is 0. The first-order valence-corrected chi connectivity index (χ1v) is 8.24. The van der Waals surface area contributed by atoms with Gasteiger partial charge in [0.25, 0.3) is 0 Å². The van der Waals surface area contributed by atoms with Gasteiger partial charge in [-0.3, -0.25) is 0 Å². The predicted molar refractivity (Wildman–Crippen MR) is 78.3 cm³/mol. The topological polar surface area (TPSA) is 87.0 Å². The smallest absolute Gasteiger partial charge is 0.240 e. The number of benzene rings is 1. The van der Waals surface area contributed by atoms with Crippen LogP contribution in [0, 0.1) is 17.5 Å². The van der Waals surface area contributed by atoms with Crippen LogP contribution in [0.4, 0.5) is 0 Å². The Hall–Kier alpha value is -2.01. The molecular weight excluding hydrogens is 324 g/mol. The van der Waals surface area contributed by atoms with Gasteiger partial charge in [-0.1, -0.05) is 11.6 Å². The van der Waals surface area contributed by atoms with Crippen LogP contribution in [0.25, 0.3) is 0 Å². The molecule has 1 aliphatic heterocycles. The molecule has 1 radical (unpaired) electrons. The Morgan fingerprint density at radius 2 is 2.23 bits per heavy atom. The highest BCUT2D eigenvalue weighted by Gasteiger charge is 2.30. The molecule has 8 heteroatoms. The molecule has 0 N–H and O–H groups in total. The number of rotatable bonds is 2. The number of fused-ring (bicyclic) bond motifs is 1. The monoisotopic (exact) mass is 333 g/mol. The molecule has 22 heavy (non-hydrogen) atoms. The Kier molecular flexibility index (Phi) is 3.83. The van der Waals surface area contributed by atoms with E-state index in [-0.39, 0.29) is 16.5 Å². The molecule has 0 atom stereocenters. The van der Waals surface area contributed by atoms with E-state index in [9.17, 15) is 8.42 Å². The summed E-state index contributed by atoms with van der Waals surface area (Å²) >= 11 is 6.02. The number of aromatic nitrogens is 2. The number of nitrogens with zero attached hydrogens (tertiary/aromatic N) is 4. The van der Waals surface area contributed by atoms with Crippen LogP contribution in [0.5, 0.6) is 0 Å². The Bertz CT molecular complexity index is 877. The van der Waals surface area contributed by atoms with Crippen LogP contribution in [0.15, 0.2) is 29.4 Å². The molecule has 0 aliphatic carbocycles. The standard InChI is InChI=1S/C14H10ClN4O2S/c15-12-5-10(6-16)1-2-14(12)22(20,21)19-4-3-11-7-17-9-18-13(11)8-19/h1-2,5,9H,3-4,8H2. The van der Waals surface area contributed by atoms with E-state index in [2.05, 4.69) is 16.2 Å². The van der Waals surface area contributed by atoms with Crippen molar-refractivity contribution in [2.75, 3.05) is 6.54 Å². The van der Waals surface area contributed by atoms with Crippen LogP contribution >= 0.6 is 11.6 Å². The first-order chi connectivity index (χ1) is 10.5. The summed E-state index contributed by atoms with van der Waals surface area (Å²) in [6.07, 6.45) is 4.69. The summed E-state index contributed by atoms with van der Waals surface area (Å²) in [5, 5.41) is 8.87. The third kappa shape index (κ3) is 2.57. The fraction of sp³-hybridized carbons (Fsp3) is 0.214. The van der Waals surface area contributed by atoms with Crippen molar-refractivity contribution in [2.45, 2.75) is 17.9 Å². The number of nitriles is 1. The lowest BCUT2D eigenvalue weighted by Gasteiger charge is -2.27. The Labute approximate surface area is 133 Å². The molecule has 2 heterocycles. The number of halogens is 1. The Morgan fingerprint density at radius 1 is 1.41 bits per heavy atom. The van der Waals surface area contributed by atoms with E-state index in [1.165, 1.54) is 28.8 Å². The number of sulfonamides is 1. The third-order valence-electron chi connectivity index (χ3n) is 3.44. The number of hydrogen-bond acceptors (Lipinski definition) is 5. The highest BCUT2D eigenvalue weighted by atomic mass is 35.5. The fourth-order valence-corrected chi connectivity index (χ4v) is 4.21. The lowest BCUT2D eigenvalue weighted by atomic mass is 10.1. The lowest BCUT2D eigenvalue weighted by molar-refractivity contribution is 0.384. The Morgan fingerprint density at radius 3 is 2.95 bits per heavy atom. The van der Waals surface area contributed by atoms with Crippen molar-refractivity contribution < 1.29 is 8.42 Å². The van der Waals surface area contributed by atoms with E-state index < -0.39 is 10.0 Å². The van der Waals surface area contributed by atoms with Crippen molar-refractivity contribution in [3.63, 3.8) is 0 Å². The molecule has 0 fully saturated rings. The quantitative estimate of drug-likeness (QED) is 0.832. The molecule has 0 bridgehead atoms. The van der Waals surface area contributed by atoms with Crippen molar-refractivity contribution in [1.82, 2.24) is 14.3 Å². The maximum absolute atomic E-state index is 12.7. The largest absolute Gasteiger partial charge is 0.244 e. The molecule has 3 rings (SSSR count). The van der Waals surface area contributed by atoms with Crippen LogP contribution in [0.3, 0.4) is 0 Å². The van der Waals surface area contributed by atoms with Gasteiger partial charge in [-0.05, 0) is 24.6 Å². The van der Waals surface area contributed by atoms with Gasteiger partial charge in [0.1, 0.15) is 11.2 Å². The van der Waals surface area contributed by atoms with Crippen molar-refractivity contribution in [2.24, 2.45) is 0 Å². The van der Waals surface area contributed by atoms with E-state index in [1.54, 1.807) is 0 Å². The van der Waals surface area contributed by atoms with Crippen LogP contribution in [-0.4, -0.2) is 29.2 Å². The molecule has 111 valence electrons. The molecule has 0 amide bonds. The summed E-state index contributed by atoms with van der Waals surface area (Å²) in [7, 11) is -3.74. The molecule has 1 aromatic carbocycles. The summed E-state index contributed by atoms with van der Waals surface area (Å²) < 4.78 is 26.8. The maximum Gasteiger partial charge on any atom is 0.244 e. The minimum atomic E-state index is -3.74. The lowest BCUT2D eigenvalue weighted by Crippen LogP contribution is -2.36. The van der Waals surface area contributed by atoms with E-state index in [0.717, 1.165) is 5.56 Å². The zero-order chi connectivity index (χ0) is 15.7. The molecule has 1 aliphatic rings. The summed E-state index contributed by atoms with van der Waals surface area (Å²) in [5.74, 6) is 0. The molecule has 0 spiro atoms. The second kappa shape index (κ2) is 5.65. The normalized spacial score (nSPS) is 15.1. The van der Waals surface area contributed by atoms with Gasteiger partial charge in [0.2, 0.25) is 10.0 Å². The first-order valence-electron chi connectivity index (χ1n) is 6.42. The van der Waals surface area contributed by atoms with Crippen LogP contribution in [0.2, 0.25) is 5.02 Å². The zero-order valence-corrected chi connectivity index (χ0v) is 12.9. The van der Waals surface area contributed by atoms with Gasteiger partial charge in [-0.15, -0.1) is 0 Å². The molecule has 0 saturated carbocycles. The van der Waals surface area contributed by atoms with Gasteiger partial charge in [0.05, 0.1) is 35.1 Å². The minimum Gasteiger partial charge on any atom is -0.240 e. The van der Waals surface area contributed by atoms with Gasteiger partial charge < -0.3 is 0 Å². The molecule has 2 aromatic rings. The van der Waals surface area contributed by atoms with Crippen LogP contribution < -0.4 is 0 Å². The maximum atomic E-state index is 12.7. The van der Waals surface area contributed by atoms with E-state index >= 15 is 0 Å². The molecule has 0 saturated heterocycles. The van der Waals surface area contributed by atoms with E-state index in [0.29, 0.717) is 24.2 Å². The first kappa shape index (κ1) is 14.9. The second-order valence-corrected chi connectivity index (χ2v) is 7.07. The SMILES string of the molecule is N#Cc1ccc(S(=O)(=O)N2CCc3[c]ncnc3C2)c(Cl)c1. The van der Waals surface area contributed by atoms with Crippen molar-refractivity contribution in [1.29, 1.82) is 5.26 Å². The summed E-state index contributed by atoms with van der Waals surface area (Å²) in [5.41, 5.74) is 1.80. The van der Waals surface area contributed by atoms with Gasteiger partial charge in [0.15, 0.2) is 0 Å². The molecule has 0 unspecified atom stereocenters. The second-order valence-electron chi connectivity index (χ2n) is 4.76. The Balaban J connectivity index is 1.97. The average Bonchev–Trinajstić information content (AvgIpc) is 2.54. The minimum absolute atomic E-state index is 0.00495. The zero-order valence-electron chi connectivity index (χ0n) is 11.3. The van der Waals surface area contributed by atoms with Crippen LogP contribution in [-0.2, 0) is 23.0 Å². The molecular formula is C14H10ClN4O2S. The highest BCUT2D eigenvalue weighted by molar-refractivity contribution is 7.89. The molecule has 6 nitrogen and oxygen atoms in total. The van der Waals surface area contributed by atoms with Crippen molar-refractivity contribution in [3.05, 3.63) is 52.6 Å². The highest BCUT2D eigenvalue weighted by Crippen LogP contribution is 2.28. The third-order valence-corrected chi connectivity index (χ3v) is 5.76. The van der Waals surface area contributed by atoms with Gasteiger partial charge in [-0.2, -0.15) is 9.57 Å².